The van der Waals surface area contributed by atoms with E-state index in [1.807, 2.05) is 28.0 Å². The number of carbonyl (C=O) groups is 1. The molecule has 0 aromatic carbocycles. The molecule has 3 heteroatoms. The van der Waals surface area contributed by atoms with Crippen molar-refractivity contribution < 1.29 is 9.53 Å². The Bertz CT molecular complexity index is 282. The van der Waals surface area contributed by atoms with E-state index in [9.17, 15) is 4.79 Å². The third-order valence-corrected chi connectivity index (χ3v) is 3.21. The van der Waals surface area contributed by atoms with E-state index in [1.54, 1.807) is 0 Å². The van der Waals surface area contributed by atoms with Crippen molar-refractivity contribution >= 4 is 13.2 Å². The largest absolute Gasteiger partial charge is 0.469 e. The van der Waals surface area contributed by atoms with Crippen LogP contribution in [-0.2, 0) is 9.53 Å². The number of ether oxygens (including phenoxy) is 1. The van der Waals surface area contributed by atoms with Crippen molar-refractivity contribution in [1.29, 1.82) is 0 Å². The lowest BCUT2D eigenvalue weighted by molar-refractivity contribution is -0.160. The average Bonchev–Trinajstić information content (AvgIpc) is 2.10. The summed E-state index contributed by atoms with van der Waals surface area (Å²) in [6.45, 7) is 18.6. The Morgan fingerprint density at radius 3 is 1.78 bits per heavy atom. The molecule has 1 unspecified atom stereocenters. The van der Waals surface area contributed by atoms with E-state index in [-0.39, 0.29) is 22.7 Å². The lowest BCUT2D eigenvalue weighted by Crippen LogP contribution is -2.40. The highest BCUT2D eigenvalue weighted by Crippen LogP contribution is 2.37. The van der Waals surface area contributed by atoms with Crippen molar-refractivity contribution in [2.24, 2.45) is 16.7 Å². The van der Waals surface area contributed by atoms with Crippen LogP contribution in [0.25, 0.3) is 0 Å². The molecule has 18 heavy (non-hydrogen) atoms. The number of carbonyl (C=O) groups excluding carboxylic acids is 1. The molecule has 0 rings (SSSR count). The maximum Gasteiger partial charge on any atom is 0.309 e. The van der Waals surface area contributed by atoms with Gasteiger partial charge in [0, 0.05) is 0 Å². The van der Waals surface area contributed by atoms with Gasteiger partial charge in [0.25, 0.3) is 0 Å². The maximum atomic E-state index is 12.4. The van der Waals surface area contributed by atoms with Gasteiger partial charge in [-0.2, -0.15) is 0 Å². The van der Waals surface area contributed by atoms with Crippen molar-refractivity contribution in [3.63, 3.8) is 0 Å². The lowest BCUT2D eigenvalue weighted by Gasteiger charge is -2.36. The SMILES string of the molecule is C[B]C(C)(C)OC(=O)C(CC(C)(C)C)C(C)(C)C. The van der Waals surface area contributed by atoms with Gasteiger partial charge in [0.1, 0.15) is 0 Å². The minimum atomic E-state index is -0.488. The van der Waals surface area contributed by atoms with Crippen LogP contribution in [0.1, 0.15) is 61.8 Å². The van der Waals surface area contributed by atoms with Crippen LogP contribution in [0.3, 0.4) is 0 Å². The van der Waals surface area contributed by atoms with Crippen LogP contribution in [0.5, 0.6) is 0 Å². The Kier molecular flexibility index (Phi) is 5.52. The highest BCUT2D eigenvalue weighted by atomic mass is 16.6. The van der Waals surface area contributed by atoms with E-state index in [0.29, 0.717) is 0 Å². The standard InChI is InChI=1S/C15H30BO2/c1-13(2,3)10-11(14(4,5)6)12(17)18-15(7,8)16-9/h11H,10H2,1-9H3. The fourth-order valence-corrected chi connectivity index (χ4v) is 1.74. The first-order chi connectivity index (χ1) is 7.78. The third-order valence-electron chi connectivity index (χ3n) is 3.21. The molecule has 0 aliphatic heterocycles. The molecule has 1 radical (unpaired) electrons. The molecule has 0 saturated heterocycles. The number of rotatable bonds is 4. The Morgan fingerprint density at radius 1 is 1.06 bits per heavy atom. The van der Waals surface area contributed by atoms with E-state index >= 15 is 0 Å². The minimum absolute atomic E-state index is 0.0725. The molecule has 0 heterocycles. The normalized spacial score (nSPS) is 15.2. The van der Waals surface area contributed by atoms with E-state index in [1.165, 1.54) is 0 Å². The molecule has 0 aliphatic carbocycles. The first kappa shape index (κ1) is 17.5. The zero-order valence-corrected chi connectivity index (χ0v) is 13.7. The van der Waals surface area contributed by atoms with E-state index < -0.39 is 5.50 Å². The van der Waals surface area contributed by atoms with Gasteiger partial charge in [0.15, 0.2) is 7.28 Å². The molecule has 0 aromatic heterocycles. The molecule has 0 aliphatic rings. The second kappa shape index (κ2) is 5.67. The monoisotopic (exact) mass is 253 g/mol. The first-order valence-electron chi connectivity index (χ1n) is 6.82. The van der Waals surface area contributed by atoms with E-state index in [4.69, 9.17) is 4.74 Å². The third kappa shape index (κ3) is 6.46. The molecular weight excluding hydrogens is 223 g/mol. The summed E-state index contributed by atoms with van der Waals surface area (Å²) in [6.07, 6.45) is 0.842. The number of hydrogen-bond donors (Lipinski definition) is 0. The van der Waals surface area contributed by atoms with Gasteiger partial charge in [-0.1, -0.05) is 48.4 Å². The summed E-state index contributed by atoms with van der Waals surface area (Å²) in [5.41, 5.74) is -0.441. The quantitative estimate of drug-likeness (QED) is 0.556. The Hall–Kier alpha value is -0.465. The van der Waals surface area contributed by atoms with Gasteiger partial charge in [-0.15, -0.1) is 0 Å². The predicted octanol–water partition coefficient (Wildman–Crippen LogP) is 4.12. The predicted molar refractivity (Wildman–Crippen MR) is 78.8 cm³/mol. The highest BCUT2D eigenvalue weighted by molar-refractivity contribution is 6.37. The molecule has 0 bridgehead atoms. The Morgan fingerprint density at radius 2 is 1.50 bits per heavy atom. The number of hydrogen-bond acceptors (Lipinski definition) is 2. The Balaban J connectivity index is 4.95. The van der Waals surface area contributed by atoms with Gasteiger partial charge in [-0.05, 0) is 31.1 Å². The molecule has 105 valence electrons. The summed E-state index contributed by atoms with van der Waals surface area (Å²) in [7, 11) is 1.92. The smallest absolute Gasteiger partial charge is 0.309 e. The van der Waals surface area contributed by atoms with Gasteiger partial charge >= 0.3 is 5.97 Å². The van der Waals surface area contributed by atoms with Crippen molar-refractivity contribution in [1.82, 2.24) is 0 Å². The molecule has 0 saturated carbocycles. The molecule has 0 spiro atoms. The average molecular weight is 253 g/mol. The van der Waals surface area contributed by atoms with Crippen LogP contribution in [0.4, 0.5) is 0 Å². The molecule has 1 atom stereocenters. The van der Waals surface area contributed by atoms with Gasteiger partial charge < -0.3 is 4.74 Å². The van der Waals surface area contributed by atoms with Gasteiger partial charge in [0.2, 0.25) is 0 Å². The van der Waals surface area contributed by atoms with Crippen molar-refractivity contribution in [3.8, 4) is 0 Å². The molecule has 0 aromatic rings. The van der Waals surface area contributed by atoms with Crippen LogP contribution in [0.15, 0.2) is 0 Å². The van der Waals surface area contributed by atoms with Crippen molar-refractivity contribution in [2.75, 3.05) is 0 Å². The van der Waals surface area contributed by atoms with Gasteiger partial charge in [-0.25, -0.2) is 0 Å². The molecule has 0 N–H and O–H groups in total. The fourth-order valence-electron chi connectivity index (χ4n) is 1.74. The maximum absolute atomic E-state index is 12.4. The summed E-state index contributed by atoms with van der Waals surface area (Å²) in [5.74, 6) is -0.155. The molecule has 0 amide bonds. The van der Waals surface area contributed by atoms with E-state index in [0.717, 1.165) is 6.42 Å². The summed E-state index contributed by atoms with van der Waals surface area (Å²) >= 11 is 0. The Labute approximate surface area is 114 Å². The summed E-state index contributed by atoms with van der Waals surface area (Å²) in [6, 6.07) is 0. The highest BCUT2D eigenvalue weighted by Gasteiger charge is 2.37. The first-order valence-corrected chi connectivity index (χ1v) is 6.82. The summed E-state index contributed by atoms with van der Waals surface area (Å²) in [5, 5.41) is 0. The lowest BCUT2D eigenvalue weighted by atomic mass is 9.64. The van der Waals surface area contributed by atoms with Crippen LogP contribution >= 0.6 is 0 Å². The second-order valence-corrected chi connectivity index (χ2v) is 8.00. The minimum Gasteiger partial charge on any atom is -0.469 e. The topological polar surface area (TPSA) is 26.3 Å². The van der Waals surface area contributed by atoms with Crippen LogP contribution < -0.4 is 0 Å². The van der Waals surface area contributed by atoms with Gasteiger partial charge in [-0.3, -0.25) is 4.79 Å². The zero-order chi connectivity index (χ0) is 14.8. The molecule has 2 nitrogen and oxygen atoms in total. The molecular formula is C15H30BO2. The zero-order valence-electron chi connectivity index (χ0n) is 13.7. The van der Waals surface area contributed by atoms with Crippen molar-refractivity contribution in [3.05, 3.63) is 0 Å². The second-order valence-electron chi connectivity index (χ2n) is 8.00. The van der Waals surface area contributed by atoms with E-state index in [2.05, 4.69) is 41.5 Å². The van der Waals surface area contributed by atoms with Gasteiger partial charge in [0.05, 0.1) is 11.4 Å². The summed E-state index contributed by atoms with van der Waals surface area (Å²) < 4.78 is 5.63. The fraction of sp³-hybridized carbons (Fsp3) is 0.933. The molecule has 0 fully saturated rings. The van der Waals surface area contributed by atoms with Crippen molar-refractivity contribution in [2.45, 2.75) is 74.1 Å². The van der Waals surface area contributed by atoms with Crippen LogP contribution in [-0.4, -0.2) is 18.7 Å². The number of esters is 1. The van der Waals surface area contributed by atoms with Crippen LogP contribution in [0.2, 0.25) is 6.82 Å². The van der Waals surface area contributed by atoms with Crippen LogP contribution in [0, 0.1) is 16.7 Å². The summed E-state index contributed by atoms with van der Waals surface area (Å²) in [4.78, 5) is 12.4.